The molecule has 2 N–H and O–H groups in total. The minimum Gasteiger partial charge on any atom is -0.399 e. The van der Waals surface area contributed by atoms with Crippen molar-refractivity contribution in [2.24, 2.45) is 7.05 Å². The minimum absolute atomic E-state index is 0.434. The number of anilines is 3. The van der Waals surface area contributed by atoms with Crippen molar-refractivity contribution in [2.75, 3.05) is 17.7 Å². The third-order valence-corrected chi connectivity index (χ3v) is 4.28. The predicted molar refractivity (Wildman–Crippen MR) is 95.4 cm³/mol. The zero-order valence-corrected chi connectivity index (χ0v) is 14.7. The summed E-state index contributed by atoms with van der Waals surface area (Å²) in [5.74, 6) is 0.969. The van der Waals surface area contributed by atoms with Crippen LogP contribution in [0, 0.1) is 0 Å². The molecule has 26 heavy (non-hydrogen) atoms. The Morgan fingerprint density at radius 1 is 1.08 bits per heavy atom. The molecule has 136 valence electrons. The number of nitrogens with zero attached hydrogens (tertiary/aromatic N) is 4. The molecule has 0 saturated heterocycles. The number of halogens is 4. The standard InChI is InChI=1S/C17H15ClF3N5/c1-25(12-6-3-10(4-7-12)17(19,20)21)16-24-23-15(26(16)2)13-8-5-11(22)9-14(13)18/h3-9H,22H2,1-2H3. The van der Waals surface area contributed by atoms with Gasteiger partial charge < -0.3 is 10.6 Å². The fourth-order valence-corrected chi connectivity index (χ4v) is 2.82. The van der Waals surface area contributed by atoms with Gasteiger partial charge in [-0.1, -0.05) is 11.6 Å². The van der Waals surface area contributed by atoms with Crippen molar-refractivity contribution in [3.63, 3.8) is 0 Å². The molecule has 0 saturated carbocycles. The number of aromatic nitrogens is 3. The fraction of sp³-hybridized carbons (Fsp3) is 0.176. The Morgan fingerprint density at radius 3 is 2.31 bits per heavy atom. The molecule has 9 heteroatoms. The third-order valence-electron chi connectivity index (χ3n) is 3.97. The smallest absolute Gasteiger partial charge is 0.399 e. The maximum atomic E-state index is 12.7. The SMILES string of the molecule is CN(c1ccc(C(F)(F)F)cc1)c1nnc(-c2ccc(N)cc2Cl)n1C. The molecule has 0 aliphatic rings. The molecule has 2 aromatic carbocycles. The third kappa shape index (κ3) is 3.32. The van der Waals surface area contributed by atoms with Crippen LogP contribution in [0.15, 0.2) is 42.5 Å². The summed E-state index contributed by atoms with van der Waals surface area (Å²) in [6, 6.07) is 9.88. The van der Waals surface area contributed by atoms with Gasteiger partial charge in [0, 0.05) is 31.0 Å². The number of alkyl halides is 3. The molecular weight excluding hydrogens is 367 g/mol. The highest BCUT2D eigenvalue weighted by atomic mass is 35.5. The Kier molecular flexibility index (Phi) is 4.53. The molecule has 1 aromatic heterocycles. The highest BCUT2D eigenvalue weighted by Crippen LogP contribution is 2.33. The van der Waals surface area contributed by atoms with E-state index in [1.807, 2.05) is 0 Å². The van der Waals surface area contributed by atoms with Crippen LogP contribution in [0.1, 0.15) is 5.56 Å². The normalized spacial score (nSPS) is 11.6. The number of hydrogen-bond acceptors (Lipinski definition) is 4. The molecule has 0 fully saturated rings. The van der Waals surface area contributed by atoms with Gasteiger partial charge in [-0.3, -0.25) is 4.57 Å². The van der Waals surface area contributed by atoms with Crippen molar-refractivity contribution >= 4 is 28.9 Å². The fourth-order valence-electron chi connectivity index (χ4n) is 2.55. The average Bonchev–Trinajstić information content (AvgIpc) is 2.95. The quantitative estimate of drug-likeness (QED) is 0.678. The average molecular weight is 382 g/mol. The zero-order valence-electron chi connectivity index (χ0n) is 13.9. The molecule has 0 radical (unpaired) electrons. The largest absolute Gasteiger partial charge is 0.416 e. The molecule has 0 bridgehead atoms. The van der Waals surface area contributed by atoms with Gasteiger partial charge in [-0.2, -0.15) is 13.2 Å². The van der Waals surface area contributed by atoms with Crippen LogP contribution < -0.4 is 10.6 Å². The second-order valence-corrected chi connectivity index (χ2v) is 6.13. The lowest BCUT2D eigenvalue weighted by Crippen LogP contribution is -2.15. The first-order valence-electron chi connectivity index (χ1n) is 7.54. The van der Waals surface area contributed by atoms with Gasteiger partial charge >= 0.3 is 6.18 Å². The van der Waals surface area contributed by atoms with Crippen LogP contribution in [0.3, 0.4) is 0 Å². The maximum absolute atomic E-state index is 12.7. The van der Waals surface area contributed by atoms with E-state index in [4.69, 9.17) is 17.3 Å². The molecule has 0 unspecified atom stereocenters. The Morgan fingerprint density at radius 2 is 1.73 bits per heavy atom. The molecular formula is C17H15ClF3N5. The van der Waals surface area contributed by atoms with Gasteiger partial charge in [-0.25, -0.2) is 0 Å². The first-order valence-corrected chi connectivity index (χ1v) is 7.92. The van der Waals surface area contributed by atoms with Crippen molar-refractivity contribution in [1.82, 2.24) is 14.8 Å². The molecule has 3 rings (SSSR count). The van der Waals surface area contributed by atoms with Gasteiger partial charge in [-0.15, -0.1) is 10.2 Å². The Labute approximate surface area is 152 Å². The number of hydrogen-bond donors (Lipinski definition) is 1. The van der Waals surface area contributed by atoms with Crippen LogP contribution in [0.5, 0.6) is 0 Å². The first-order chi connectivity index (χ1) is 12.2. The lowest BCUT2D eigenvalue weighted by atomic mass is 10.2. The molecule has 0 amide bonds. The summed E-state index contributed by atoms with van der Waals surface area (Å²) in [6.07, 6.45) is -4.37. The van der Waals surface area contributed by atoms with Crippen molar-refractivity contribution < 1.29 is 13.2 Å². The lowest BCUT2D eigenvalue weighted by Gasteiger charge is -2.19. The van der Waals surface area contributed by atoms with Crippen molar-refractivity contribution in [2.45, 2.75) is 6.18 Å². The Balaban J connectivity index is 1.94. The van der Waals surface area contributed by atoms with Crippen LogP contribution >= 0.6 is 11.6 Å². The highest BCUT2D eigenvalue weighted by molar-refractivity contribution is 6.33. The van der Waals surface area contributed by atoms with E-state index in [1.54, 1.807) is 41.8 Å². The van der Waals surface area contributed by atoms with Gasteiger partial charge in [0.1, 0.15) is 0 Å². The van der Waals surface area contributed by atoms with E-state index in [1.165, 1.54) is 12.1 Å². The summed E-state index contributed by atoms with van der Waals surface area (Å²) >= 11 is 6.22. The van der Waals surface area contributed by atoms with E-state index in [9.17, 15) is 13.2 Å². The zero-order chi connectivity index (χ0) is 19.1. The van der Waals surface area contributed by atoms with Gasteiger partial charge in [0.2, 0.25) is 5.95 Å². The molecule has 1 heterocycles. The summed E-state index contributed by atoms with van der Waals surface area (Å²) in [5, 5.41) is 8.71. The second-order valence-electron chi connectivity index (χ2n) is 5.73. The number of rotatable bonds is 3. The number of nitrogens with two attached hydrogens (primary N) is 1. The van der Waals surface area contributed by atoms with Crippen molar-refractivity contribution in [3.05, 3.63) is 53.1 Å². The van der Waals surface area contributed by atoms with Gasteiger partial charge in [0.25, 0.3) is 0 Å². The summed E-state index contributed by atoms with van der Waals surface area (Å²) in [4.78, 5) is 1.64. The van der Waals surface area contributed by atoms with Crippen LogP contribution in [0.2, 0.25) is 5.02 Å². The van der Waals surface area contributed by atoms with Crippen LogP contribution in [0.4, 0.5) is 30.5 Å². The number of benzene rings is 2. The molecule has 0 spiro atoms. The van der Waals surface area contributed by atoms with E-state index >= 15 is 0 Å². The van der Waals surface area contributed by atoms with Gasteiger partial charge in [-0.05, 0) is 42.5 Å². The summed E-state index contributed by atoms with van der Waals surface area (Å²) in [7, 11) is 3.44. The first kappa shape index (κ1) is 18.1. The minimum atomic E-state index is -4.37. The summed E-state index contributed by atoms with van der Waals surface area (Å²) < 4.78 is 39.8. The number of nitrogen functional groups attached to an aromatic ring is 1. The Bertz CT molecular complexity index is 935. The van der Waals surface area contributed by atoms with E-state index in [2.05, 4.69) is 10.2 Å². The van der Waals surface area contributed by atoms with Gasteiger partial charge in [0.15, 0.2) is 5.82 Å². The molecule has 0 atom stereocenters. The monoisotopic (exact) mass is 381 g/mol. The lowest BCUT2D eigenvalue weighted by molar-refractivity contribution is -0.137. The van der Waals surface area contributed by atoms with Crippen LogP contribution in [0.25, 0.3) is 11.4 Å². The summed E-state index contributed by atoms with van der Waals surface area (Å²) in [6.45, 7) is 0. The topological polar surface area (TPSA) is 60.0 Å². The van der Waals surface area contributed by atoms with E-state index in [0.29, 0.717) is 33.7 Å². The Hall–Kier alpha value is -2.74. The van der Waals surface area contributed by atoms with Gasteiger partial charge in [0.05, 0.1) is 10.6 Å². The van der Waals surface area contributed by atoms with Crippen LogP contribution in [-0.2, 0) is 13.2 Å². The highest BCUT2D eigenvalue weighted by Gasteiger charge is 2.30. The van der Waals surface area contributed by atoms with E-state index in [-0.39, 0.29) is 0 Å². The molecule has 0 aliphatic heterocycles. The van der Waals surface area contributed by atoms with E-state index < -0.39 is 11.7 Å². The second kappa shape index (κ2) is 6.53. The van der Waals surface area contributed by atoms with Crippen molar-refractivity contribution in [1.29, 1.82) is 0 Å². The van der Waals surface area contributed by atoms with E-state index in [0.717, 1.165) is 12.1 Å². The molecule has 5 nitrogen and oxygen atoms in total. The van der Waals surface area contributed by atoms with Crippen LogP contribution in [-0.4, -0.2) is 21.8 Å². The molecule has 3 aromatic rings. The summed E-state index contributed by atoms with van der Waals surface area (Å²) in [5.41, 5.74) is 6.72. The maximum Gasteiger partial charge on any atom is 0.416 e. The molecule has 0 aliphatic carbocycles. The predicted octanol–water partition coefficient (Wildman–Crippen LogP) is 4.50. The van der Waals surface area contributed by atoms with Crippen molar-refractivity contribution in [3.8, 4) is 11.4 Å².